The first-order valence-corrected chi connectivity index (χ1v) is 10.0. The Labute approximate surface area is 174 Å². The van der Waals surface area contributed by atoms with Crippen LogP contribution in [-0.2, 0) is 14.3 Å². The Morgan fingerprint density at radius 3 is 2.17 bits per heavy atom. The van der Waals surface area contributed by atoms with Crippen LogP contribution in [0.2, 0.25) is 0 Å². The van der Waals surface area contributed by atoms with Crippen LogP contribution in [0.25, 0.3) is 11.1 Å². The van der Waals surface area contributed by atoms with E-state index in [2.05, 4.69) is 22.8 Å². The Hall–Kier alpha value is -3.35. The third-order valence-electron chi connectivity index (χ3n) is 5.98. The molecule has 0 aromatic heterocycles. The highest BCUT2D eigenvalue weighted by Gasteiger charge is 2.50. The van der Waals surface area contributed by atoms with Gasteiger partial charge in [-0.15, -0.1) is 0 Å². The first-order chi connectivity index (χ1) is 14.4. The maximum absolute atomic E-state index is 12.3. The summed E-state index contributed by atoms with van der Waals surface area (Å²) in [6.07, 6.45) is 0.423. The Kier molecular flexibility index (Phi) is 5.20. The molecule has 2 amide bonds. The molecule has 0 saturated heterocycles. The van der Waals surface area contributed by atoms with Gasteiger partial charge in [0.1, 0.15) is 12.6 Å². The van der Waals surface area contributed by atoms with Crippen molar-refractivity contribution in [3.05, 3.63) is 59.7 Å². The van der Waals surface area contributed by atoms with E-state index in [1.807, 2.05) is 36.4 Å². The van der Waals surface area contributed by atoms with Gasteiger partial charge in [-0.25, -0.2) is 4.79 Å². The fraction of sp³-hybridized carbons (Fsp3) is 0.348. The Balaban J connectivity index is 1.32. The third-order valence-corrected chi connectivity index (χ3v) is 5.98. The number of alkyl carbamates (subject to hydrolysis) is 1. The molecule has 7 heteroatoms. The predicted octanol–water partition coefficient (Wildman–Crippen LogP) is 2.89. The minimum atomic E-state index is -0.903. The molecule has 7 nitrogen and oxygen atoms in total. The minimum Gasteiger partial charge on any atom is -0.481 e. The zero-order valence-corrected chi connectivity index (χ0v) is 16.7. The number of carbonyl (C=O) groups excluding carboxylic acids is 2. The first-order valence-electron chi connectivity index (χ1n) is 10.0. The second-order valence-corrected chi connectivity index (χ2v) is 7.99. The topological polar surface area (TPSA) is 105 Å². The maximum atomic E-state index is 12.3. The summed E-state index contributed by atoms with van der Waals surface area (Å²) in [6.45, 7) is 1.77. The van der Waals surface area contributed by atoms with Gasteiger partial charge in [0.15, 0.2) is 0 Å². The molecule has 1 fully saturated rings. The number of amides is 2. The maximum Gasteiger partial charge on any atom is 0.407 e. The predicted molar refractivity (Wildman–Crippen MR) is 110 cm³/mol. The molecule has 2 aromatic rings. The second-order valence-electron chi connectivity index (χ2n) is 7.99. The molecule has 3 N–H and O–H groups in total. The largest absolute Gasteiger partial charge is 0.481 e. The van der Waals surface area contributed by atoms with Crippen molar-refractivity contribution in [1.82, 2.24) is 10.6 Å². The smallest absolute Gasteiger partial charge is 0.407 e. The molecule has 0 bridgehead atoms. The highest BCUT2D eigenvalue weighted by Crippen LogP contribution is 2.45. The number of rotatable bonds is 7. The van der Waals surface area contributed by atoms with E-state index in [1.165, 1.54) is 6.92 Å². The number of carboxylic acids is 1. The molecule has 0 radical (unpaired) electrons. The van der Waals surface area contributed by atoms with Crippen LogP contribution in [-0.4, -0.2) is 42.3 Å². The van der Waals surface area contributed by atoms with Crippen LogP contribution in [0, 0.1) is 5.41 Å². The van der Waals surface area contributed by atoms with Gasteiger partial charge >= 0.3 is 12.1 Å². The second kappa shape index (κ2) is 7.82. The molecule has 4 rings (SSSR count). The summed E-state index contributed by atoms with van der Waals surface area (Å²) >= 11 is 0. The molecular formula is C23H24N2O5. The lowest BCUT2D eigenvalue weighted by Gasteiger charge is -2.18. The van der Waals surface area contributed by atoms with E-state index in [0.717, 1.165) is 22.3 Å². The fourth-order valence-corrected chi connectivity index (χ4v) is 3.91. The van der Waals surface area contributed by atoms with Crippen molar-refractivity contribution in [3.8, 4) is 11.1 Å². The lowest BCUT2D eigenvalue weighted by molar-refractivity contribution is -0.143. The third kappa shape index (κ3) is 3.75. The molecule has 2 aromatic carbocycles. The van der Waals surface area contributed by atoms with Crippen molar-refractivity contribution in [3.63, 3.8) is 0 Å². The zero-order valence-electron chi connectivity index (χ0n) is 16.7. The molecule has 0 aliphatic heterocycles. The molecule has 156 valence electrons. The molecule has 2 aliphatic rings. The summed E-state index contributed by atoms with van der Waals surface area (Å²) in [5.41, 5.74) is 3.66. The van der Waals surface area contributed by atoms with Crippen LogP contribution in [0.1, 0.15) is 36.8 Å². The number of carbonyl (C=O) groups is 3. The van der Waals surface area contributed by atoms with Gasteiger partial charge in [0, 0.05) is 12.5 Å². The van der Waals surface area contributed by atoms with Gasteiger partial charge in [-0.05, 0) is 42.0 Å². The minimum absolute atomic E-state index is 0.0578. The summed E-state index contributed by atoms with van der Waals surface area (Å²) in [5.74, 6) is -1.39. The van der Waals surface area contributed by atoms with Crippen molar-refractivity contribution in [2.24, 2.45) is 5.41 Å². The van der Waals surface area contributed by atoms with Gasteiger partial charge in [-0.3, -0.25) is 9.59 Å². The fourth-order valence-electron chi connectivity index (χ4n) is 3.91. The van der Waals surface area contributed by atoms with Gasteiger partial charge in [0.2, 0.25) is 5.91 Å². The Morgan fingerprint density at radius 2 is 1.63 bits per heavy atom. The number of ether oxygens (including phenoxy) is 1. The van der Waals surface area contributed by atoms with Crippen LogP contribution < -0.4 is 10.6 Å². The Morgan fingerprint density at radius 1 is 1.07 bits per heavy atom. The molecule has 0 spiro atoms. The highest BCUT2D eigenvalue weighted by atomic mass is 16.5. The number of aliphatic carboxylic acids is 1. The van der Waals surface area contributed by atoms with Crippen molar-refractivity contribution >= 4 is 18.0 Å². The lowest BCUT2D eigenvalue weighted by atomic mass is 9.98. The van der Waals surface area contributed by atoms with Gasteiger partial charge in [0.25, 0.3) is 0 Å². The van der Waals surface area contributed by atoms with Crippen LogP contribution >= 0.6 is 0 Å². The van der Waals surface area contributed by atoms with E-state index < -0.39 is 29.4 Å². The van der Waals surface area contributed by atoms with Crippen LogP contribution in [0.3, 0.4) is 0 Å². The summed E-state index contributed by atoms with van der Waals surface area (Å²) in [6, 6.07) is 15.3. The quantitative estimate of drug-likeness (QED) is 0.653. The van der Waals surface area contributed by atoms with Crippen molar-refractivity contribution in [2.45, 2.75) is 31.7 Å². The number of fused-ring (bicyclic) bond motifs is 3. The number of carboxylic acid groups (broad SMARTS) is 1. The van der Waals surface area contributed by atoms with E-state index in [0.29, 0.717) is 12.8 Å². The normalized spacial score (nSPS) is 16.7. The SMILES string of the molecule is C[C@H](NC(=O)OCC1c2ccccc2-c2ccccc21)C(=O)NCC1(C(=O)O)CC1. The van der Waals surface area contributed by atoms with E-state index in [4.69, 9.17) is 4.74 Å². The van der Waals surface area contributed by atoms with E-state index in [1.54, 1.807) is 0 Å². The number of hydrogen-bond acceptors (Lipinski definition) is 4. The zero-order chi connectivity index (χ0) is 21.3. The highest BCUT2D eigenvalue weighted by molar-refractivity contribution is 5.86. The van der Waals surface area contributed by atoms with E-state index in [-0.39, 0.29) is 19.1 Å². The average molecular weight is 408 g/mol. The summed E-state index contributed by atoms with van der Waals surface area (Å²) in [5, 5.41) is 14.3. The summed E-state index contributed by atoms with van der Waals surface area (Å²) < 4.78 is 5.43. The van der Waals surface area contributed by atoms with Gasteiger partial charge in [-0.2, -0.15) is 0 Å². The molecule has 30 heavy (non-hydrogen) atoms. The van der Waals surface area contributed by atoms with Crippen LogP contribution in [0.15, 0.2) is 48.5 Å². The lowest BCUT2D eigenvalue weighted by Crippen LogP contribution is -2.47. The van der Waals surface area contributed by atoms with Crippen molar-refractivity contribution < 1.29 is 24.2 Å². The van der Waals surface area contributed by atoms with Gasteiger partial charge in [-0.1, -0.05) is 48.5 Å². The Bertz CT molecular complexity index is 953. The molecular weight excluding hydrogens is 384 g/mol. The summed E-state index contributed by atoms with van der Waals surface area (Å²) in [7, 11) is 0. The summed E-state index contributed by atoms with van der Waals surface area (Å²) in [4.78, 5) is 35.6. The monoisotopic (exact) mass is 408 g/mol. The number of hydrogen-bond donors (Lipinski definition) is 3. The molecule has 1 atom stereocenters. The molecule has 0 heterocycles. The molecule has 2 aliphatic carbocycles. The molecule has 1 saturated carbocycles. The van der Waals surface area contributed by atoms with Crippen LogP contribution in [0.4, 0.5) is 4.79 Å². The number of nitrogens with one attached hydrogen (secondary N) is 2. The number of benzene rings is 2. The average Bonchev–Trinajstić information content (AvgIpc) is 3.48. The van der Waals surface area contributed by atoms with Crippen molar-refractivity contribution in [2.75, 3.05) is 13.2 Å². The van der Waals surface area contributed by atoms with Gasteiger partial charge < -0.3 is 20.5 Å². The first kappa shape index (κ1) is 19.9. The van der Waals surface area contributed by atoms with Crippen LogP contribution in [0.5, 0.6) is 0 Å². The van der Waals surface area contributed by atoms with Gasteiger partial charge in [0.05, 0.1) is 5.41 Å². The molecule has 0 unspecified atom stereocenters. The van der Waals surface area contributed by atoms with E-state index in [9.17, 15) is 19.5 Å². The standard InChI is InChI=1S/C23H24N2O5/c1-14(20(26)24-13-23(10-11-23)21(27)28)25-22(29)30-12-19-17-8-4-2-6-15(17)16-7-3-5-9-18(16)19/h2-9,14,19H,10-13H2,1H3,(H,24,26)(H,25,29)(H,27,28)/t14-/m0/s1. The van der Waals surface area contributed by atoms with Crippen molar-refractivity contribution in [1.29, 1.82) is 0 Å². The van der Waals surface area contributed by atoms with E-state index >= 15 is 0 Å².